The van der Waals surface area contributed by atoms with Crippen LogP contribution in [0.5, 0.6) is 17.2 Å². The number of hydrogen-bond donors (Lipinski definition) is 2. The minimum Gasteiger partial charge on any atom is -0.494 e. The Bertz CT molecular complexity index is 1190. The van der Waals surface area contributed by atoms with Gasteiger partial charge in [-0.2, -0.15) is 0 Å². The molecule has 0 saturated carbocycles. The highest BCUT2D eigenvalue weighted by Gasteiger charge is 2.27. The number of ketones is 1. The highest BCUT2D eigenvalue weighted by molar-refractivity contribution is 5.96. The van der Waals surface area contributed by atoms with E-state index in [-0.39, 0.29) is 37.7 Å². The number of aromatic nitrogens is 1. The molecule has 1 heterocycles. The summed E-state index contributed by atoms with van der Waals surface area (Å²) in [4.78, 5) is 17.5. The van der Waals surface area contributed by atoms with Crippen LogP contribution in [0.4, 0.5) is 4.39 Å². The van der Waals surface area contributed by atoms with Gasteiger partial charge in [0.15, 0.2) is 17.3 Å². The summed E-state index contributed by atoms with van der Waals surface area (Å²) < 4.78 is 29.9. The van der Waals surface area contributed by atoms with E-state index in [0.29, 0.717) is 45.3 Å². The molecule has 8 heteroatoms. The average Bonchev–Trinajstić information content (AvgIpc) is 2.87. The maximum absolute atomic E-state index is 13.8. The Kier molecular flexibility index (Phi) is 8.43. The Morgan fingerprint density at radius 3 is 2.40 bits per heavy atom. The van der Waals surface area contributed by atoms with Crippen molar-refractivity contribution in [1.29, 1.82) is 0 Å². The van der Waals surface area contributed by atoms with Crippen molar-refractivity contribution in [3.63, 3.8) is 0 Å². The minimum atomic E-state index is -1.40. The van der Waals surface area contributed by atoms with Gasteiger partial charge >= 0.3 is 0 Å². The van der Waals surface area contributed by atoms with Gasteiger partial charge in [-0.25, -0.2) is 9.37 Å². The molecule has 186 valence electrons. The second-order valence-electron chi connectivity index (χ2n) is 8.35. The van der Waals surface area contributed by atoms with Crippen molar-refractivity contribution in [2.45, 2.75) is 32.3 Å². The van der Waals surface area contributed by atoms with E-state index in [4.69, 9.17) is 19.3 Å². The lowest BCUT2D eigenvalue weighted by molar-refractivity contribution is 0.0397. The van der Waals surface area contributed by atoms with Gasteiger partial charge in [-0.15, -0.1) is 0 Å². The molecule has 3 rings (SSSR count). The molecule has 0 aliphatic heterocycles. The lowest BCUT2D eigenvalue weighted by Gasteiger charge is -2.24. The van der Waals surface area contributed by atoms with Crippen LogP contribution in [-0.4, -0.2) is 48.4 Å². The summed E-state index contributed by atoms with van der Waals surface area (Å²) >= 11 is 0. The first-order valence-electron chi connectivity index (χ1n) is 11.2. The summed E-state index contributed by atoms with van der Waals surface area (Å²) in [7, 11) is 2.98. The largest absolute Gasteiger partial charge is 0.494 e. The zero-order chi connectivity index (χ0) is 25.6. The van der Waals surface area contributed by atoms with Crippen LogP contribution in [0.1, 0.15) is 41.4 Å². The van der Waals surface area contributed by atoms with Crippen molar-refractivity contribution in [2.75, 3.05) is 27.4 Å². The molecular formula is C27H30FNO6. The third-order valence-corrected chi connectivity index (χ3v) is 5.73. The fourth-order valence-electron chi connectivity index (χ4n) is 3.66. The Hall–Kier alpha value is -3.49. The smallest absolute Gasteiger partial charge is 0.163 e. The molecule has 1 atom stereocenters. The zero-order valence-corrected chi connectivity index (χ0v) is 20.3. The van der Waals surface area contributed by atoms with E-state index >= 15 is 0 Å². The molecule has 0 aliphatic rings. The molecule has 0 amide bonds. The summed E-state index contributed by atoms with van der Waals surface area (Å²) in [6.07, 6.45) is 0.184. The van der Waals surface area contributed by atoms with Crippen LogP contribution >= 0.6 is 0 Å². The van der Waals surface area contributed by atoms with E-state index in [1.807, 2.05) is 0 Å². The maximum Gasteiger partial charge on any atom is 0.163 e. The number of halogens is 1. The van der Waals surface area contributed by atoms with E-state index in [1.54, 1.807) is 56.3 Å². The number of ether oxygens (including phenoxy) is 3. The number of carbonyl (C=O) groups is 1. The molecule has 2 aromatic carbocycles. The van der Waals surface area contributed by atoms with Crippen LogP contribution in [-0.2, 0) is 5.60 Å². The van der Waals surface area contributed by atoms with Gasteiger partial charge in [-0.1, -0.05) is 0 Å². The van der Waals surface area contributed by atoms with Gasteiger partial charge < -0.3 is 24.4 Å². The Balaban J connectivity index is 1.80. The number of hydrogen-bond acceptors (Lipinski definition) is 7. The molecule has 3 aromatic rings. The number of rotatable bonds is 11. The van der Waals surface area contributed by atoms with E-state index in [2.05, 4.69) is 4.98 Å². The van der Waals surface area contributed by atoms with E-state index in [0.717, 1.165) is 0 Å². The Morgan fingerprint density at radius 2 is 1.74 bits per heavy atom. The lowest BCUT2D eigenvalue weighted by Crippen LogP contribution is -2.24. The monoisotopic (exact) mass is 483 g/mol. The van der Waals surface area contributed by atoms with Crippen LogP contribution < -0.4 is 14.2 Å². The highest BCUT2D eigenvalue weighted by atomic mass is 19.1. The first-order chi connectivity index (χ1) is 16.7. The molecule has 0 unspecified atom stereocenters. The molecule has 0 saturated heterocycles. The third-order valence-electron chi connectivity index (χ3n) is 5.73. The van der Waals surface area contributed by atoms with Gasteiger partial charge in [0.2, 0.25) is 0 Å². The average molecular weight is 484 g/mol. The Labute approximate surface area is 204 Å². The molecule has 0 spiro atoms. The van der Waals surface area contributed by atoms with Crippen LogP contribution in [0.15, 0.2) is 48.5 Å². The number of aliphatic hydroxyl groups excluding tert-OH is 1. The lowest BCUT2D eigenvalue weighted by atomic mass is 9.92. The number of aliphatic hydroxyl groups is 2. The van der Waals surface area contributed by atoms with Gasteiger partial charge in [-0.05, 0) is 74.4 Å². The summed E-state index contributed by atoms with van der Waals surface area (Å²) in [5.74, 6) is 0.796. The molecule has 0 aliphatic carbocycles. The number of pyridine rings is 1. The normalized spacial score (nSPS) is 12.7. The fraction of sp³-hybridized carbons (Fsp3) is 0.333. The fourth-order valence-corrected chi connectivity index (χ4v) is 3.66. The van der Waals surface area contributed by atoms with E-state index < -0.39 is 5.60 Å². The number of nitrogens with zero attached hydrogens (tertiary/aromatic N) is 1. The molecule has 0 fully saturated rings. The second kappa shape index (κ2) is 11.3. The Morgan fingerprint density at radius 1 is 1.03 bits per heavy atom. The zero-order valence-electron chi connectivity index (χ0n) is 20.3. The molecule has 7 nitrogen and oxygen atoms in total. The number of benzene rings is 2. The summed E-state index contributed by atoms with van der Waals surface area (Å²) in [5, 5.41) is 20.1. The van der Waals surface area contributed by atoms with Crippen molar-refractivity contribution in [2.24, 2.45) is 0 Å². The van der Waals surface area contributed by atoms with Crippen LogP contribution in [0.25, 0.3) is 11.3 Å². The summed E-state index contributed by atoms with van der Waals surface area (Å²) in [6, 6.07) is 12.8. The molecular weight excluding hydrogens is 453 g/mol. The van der Waals surface area contributed by atoms with Gasteiger partial charge in [-0.3, -0.25) is 4.79 Å². The van der Waals surface area contributed by atoms with Crippen LogP contribution in [0, 0.1) is 12.7 Å². The third kappa shape index (κ3) is 6.15. The van der Waals surface area contributed by atoms with Crippen LogP contribution in [0.3, 0.4) is 0 Å². The van der Waals surface area contributed by atoms with Crippen LogP contribution in [0.2, 0.25) is 0 Å². The molecule has 1 aromatic heterocycles. The van der Waals surface area contributed by atoms with Gasteiger partial charge in [0.05, 0.1) is 26.5 Å². The van der Waals surface area contributed by atoms with Crippen molar-refractivity contribution in [3.05, 3.63) is 71.2 Å². The minimum absolute atomic E-state index is 0.0612. The number of methoxy groups -OCH3 is 2. The van der Waals surface area contributed by atoms with E-state index in [1.165, 1.54) is 20.3 Å². The molecule has 0 radical (unpaired) electrons. The quantitative estimate of drug-likeness (QED) is 0.389. The van der Waals surface area contributed by atoms with E-state index in [9.17, 15) is 14.3 Å². The highest BCUT2D eigenvalue weighted by Crippen LogP contribution is 2.34. The first-order valence-corrected chi connectivity index (χ1v) is 11.2. The first kappa shape index (κ1) is 26.1. The maximum atomic E-state index is 13.8. The van der Waals surface area contributed by atoms with Crippen molar-refractivity contribution >= 4 is 5.78 Å². The van der Waals surface area contributed by atoms with Crippen molar-refractivity contribution in [1.82, 2.24) is 4.98 Å². The molecule has 35 heavy (non-hydrogen) atoms. The number of aryl methyl sites for hydroxylation is 1. The van der Waals surface area contributed by atoms with Crippen molar-refractivity contribution in [3.8, 4) is 28.5 Å². The number of carbonyl (C=O) groups excluding carboxylic acids is 1. The molecule has 2 N–H and O–H groups in total. The topological polar surface area (TPSA) is 98.1 Å². The van der Waals surface area contributed by atoms with Gasteiger partial charge in [0.1, 0.15) is 29.5 Å². The standard InChI is InChI=1S/C27H30FNO6/c1-17-15-19(5-7-20(17)28)26-23(33-3)9-10-25(29-26)27(2,32)12-11-21(31)18-6-8-22(35-14-13-30)24(16-18)34-4/h5-10,15-16,30,32H,11-14H2,1-4H3/t27-/m0/s1. The SMILES string of the molecule is COc1cc(C(=O)CC[C@](C)(O)c2ccc(OC)c(-c3ccc(F)c(C)c3)n2)ccc1OCCO. The second-order valence-corrected chi connectivity index (χ2v) is 8.35. The van der Waals surface area contributed by atoms with Gasteiger partial charge in [0.25, 0.3) is 0 Å². The summed E-state index contributed by atoms with van der Waals surface area (Å²) in [5.41, 5.74) is 0.984. The van der Waals surface area contributed by atoms with Crippen molar-refractivity contribution < 1.29 is 33.6 Å². The number of Topliss-reactive ketones (excluding diaryl/α,β-unsaturated/α-hetero) is 1. The predicted molar refractivity (Wildman–Crippen MR) is 130 cm³/mol. The molecule has 0 bridgehead atoms. The summed E-state index contributed by atoms with van der Waals surface area (Å²) in [6.45, 7) is 3.24. The van der Waals surface area contributed by atoms with Gasteiger partial charge in [0, 0.05) is 17.5 Å². The predicted octanol–water partition coefficient (Wildman–Crippen LogP) is 4.46.